The normalized spacial score (nSPS) is 19.6. The highest BCUT2D eigenvalue weighted by Crippen LogP contribution is 2.29. The maximum absolute atomic E-state index is 12.8. The fraction of sp³-hybridized carbons (Fsp3) is 0.318. The summed E-state index contributed by atoms with van der Waals surface area (Å²) in [5.74, 6) is 1.05. The molecular formula is C22H25FN4O3. The summed E-state index contributed by atoms with van der Waals surface area (Å²) in [5, 5.41) is 9.80. The van der Waals surface area contributed by atoms with Gasteiger partial charge in [0, 0.05) is 25.6 Å². The van der Waals surface area contributed by atoms with E-state index in [2.05, 4.69) is 16.5 Å². The Labute approximate surface area is 174 Å². The van der Waals surface area contributed by atoms with E-state index in [0.717, 1.165) is 11.3 Å². The van der Waals surface area contributed by atoms with Crippen molar-refractivity contribution in [1.82, 2.24) is 9.97 Å². The van der Waals surface area contributed by atoms with Crippen LogP contribution in [0, 0.1) is 0 Å². The first-order valence-corrected chi connectivity index (χ1v) is 9.74. The molecule has 0 bridgehead atoms. The zero-order valence-electron chi connectivity index (χ0n) is 16.8. The van der Waals surface area contributed by atoms with Crippen molar-refractivity contribution in [3.05, 3.63) is 71.9 Å². The van der Waals surface area contributed by atoms with E-state index < -0.39 is 17.8 Å². The number of aliphatic hydroxyl groups excluding tert-OH is 1. The van der Waals surface area contributed by atoms with Crippen molar-refractivity contribution in [2.24, 2.45) is 5.73 Å². The number of aromatic nitrogens is 2. The van der Waals surface area contributed by atoms with Crippen LogP contribution in [0.5, 0.6) is 0 Å². The molecular weight excluding hydrogens is 387 g/mol. The Morgan fingerprint density at radius 3 is 2.73 bits per heavy atom. The number of primary amides is 1. The van der Waals surface area contributed by atoms with Gasteiger partial charge in [0.2, 0.25) is 0 Å². The molecule has 1 saturated heterocycles. The first kappa shape index (κ1) is 21.4. The van der Waals surface area contributed by atoms with E-state index in [1.807, 2.05) is 11.0 Å². The molecule has 7 nitrogen and oxygen atoms in total. The molecule has 2 aliphatic rings. The number of carbonyl (C=O) groups excluding carboxylic acids is 1. The highest BCUT2D eigenvalue weighted by molar-refractivity contribution is 5.92. The number of rotatable bonds is 7. The number of nitrogens with two attached hydrogens (primary N) is 1. The van der Waals surface area contributed by atoms with E-state index in [4.69, 9.17) is 10.5 Å². The van der Waals surface area contributed by atoms with Gasteiger partial charge in [-0.2, -0.15) is 0 Å². The predicted molar refractivity (Wildman–Crippen MR) is 113 cm³/mol. The van der Waals surface area contributed by atoms with Crippen molar-refractivity contribution in [2.45, 2.75) is 32.3 Å². The van der Waals surface area contributed by atoms with Gasteiger partial charge < -0.3 is 20.5 Å². The van der Waals surface area contributed by atoms with Crippen LogP contribution in [-0.2, 0) is 4.74 Å². The van der Waals surface area contributed by atoms with Gasteiger partial charge in [0.1, 0.15) is 28.9 Å². The van der Waals surface area contributed by atoms with Crippen LogP contribution < -0.4 is 10.6 Å². The summed E-state index contributed by atoms with van der Waals surface area (Å²) in [6.45, 7) is 6.09. The van der Waals surface area contributed by atoms with Crippen LogP contribution in [0.15, 0.2) is 60.4 Å². The van der Waals surface area contributed by atoms with Gasteiger partial charge in [0.15, 0.2) is 5.82 Å². The van der Waals surface area contributed by atoms with Crippen molar-refractivity contribution in [2.75, 3.05) is 18.0 Å². The van der Waals surface area contributed by atoms with Gasteiger partial charge in [0.25, 0.3) is 5.91 Å². The van der Waals surface area contributed by atoms with Crippen molar-refractivity contribution in [1.29, 1.82) is 0 Å². The molecule has 3 rings (SSSR count). The number of anilines is 1. The van der Waals surface area contributed by atoms with Crippen LogP contribution in [-0.4, -0.2) is 40.2 Å². The Morgan fingerprint density at radius 2 is 2.17 bits per heavy atom. The number of aliphatic hydroxyl groups is 1. The summed E-state index contributed by atoms with van der Waals surface area (Å²) in [6.07, 6.45) is 9.55. The number of hydrogen-bond acceptors (Lipinski definition) is 6. The summed E-state index contributed by atoms with van der Waals surface area (Å²) >= 11 is 0. The molecule has 2 heterocycles. The second-order valence-corrected chi connectivity index (χ2v) is 7.09. The second kappa shape index (κ2) is 9.49. The smallest absolute Gasteiger partial charge is 0.267 e. The summed E-state index contributed by atoms with van der Waals surface area (Å²) in [7, 11) is 0. The molecule has 30 heavy (non-hydrogen) atoms. The van der Waals surface area contributed by atoms with E-state index in [0.29, 0.717) is 49.8 Å². The Balaban J connectivity index is 1.82. The third-order valence-corrected chi connectivity index (χ3v) is 4.81. The molecule has 1 atom stereocenters. The first-order valence-electron chi connectivity index (χ1n) is 9.74. The molecule has 1 amide bonds. The van der Waals surface area contributed by atoms with E-state index in [-0.39, 0.29) is 5.69 Å². The minimum absolute atomic E-state index is 0.135. The number of β-amino-alcohol motifs (C(OH)–C–C–N with tert-alkyl or cyclic N) is 1. The van der Waals surface area contributed by atoms with E-state index in [1.165, 1.54) is 12.2 Å². The summed E-state index contributed by atoms with van der Waals surface area (Å²) in [5.41, 5.74) is 6.44. The first-order chi connectivity index (χ1) is 14.4. The van der Waals surface area contributed by atoms with Gasteiger partial charge in [0.05, 0.1) is 6.10 Å². The lowest BCUT2D eigenvalue weighted by molar-refractivity contribution is 0.0995. The van der Waals surface area contributed by atoms with Crippen LogP contribution in [0.2, 0.25) is 0 Å². The average molecular weight is 412 g/mol. The second-order valence-electron chi connectivity index (χ2n) is 7.09. The lowest BCUT2D eigenvalue weighted by Crippen LogP contribution is -2.24. The zero-order chi connectivity index (χ0) is 21.7. The molecule has 1 aromatic rings. The van der Waals surface area contributed by atoms with Crippen LogP contribution in [0.4, 0.5) is 10.2 Å². The average Bonchev–Trinajstić information content (AvgIpc) is 3.17. The van der Waals surface area contributed by atoms with Gasteiger partial charge >= 0.3 is 0 Å². The van der Waals surface area contributed by atoms with Gasteiger partial charge in [-0.3, -0.25) is 4.79 Å². The number of hydrogen-bond donors (Lipinski definition) is 2. The summed E-state index contributed by atoms with van der Waals surface area (Å²) in [6, 6.07) is 1.56. The standard InChI is InChI=1S/C22H25FN4O3/c1-3-17(7-4-14(2)23)30-18-8-5-15(6-9-18)22-25-19(21(24)29)12-20(26-22)27-11-10-16(28)13-27/h3-5,7-8,12,16,28H,2,6,9-11,13H2,1H3,(H2,24,29)/b7-4-,17-3+. The molecule has 0 aromatic carbocycles. The molecule has 1 aliphatic carbocycles. The SMILES string of the molecule is C=C(F)/C=C\C(=C/C)OC1=CC=C(c2nc(C(N)=O)cc(N3CCC(O)C3)n2)CC1. The topological polar surface area (TPSA) is 102 Å². The molecule has 0 radical (unpaired) electrons. The van der Waals surface area contributed by atoms with Crippen molar-refractivity contribution in [3.8, 4) is 0 Å². The molecule has 0 saturated carbocycles. The Morgan fingerprint density at radius 1 is 1.37 bits per heavy atom. The van der Waals surface area contributed by atoms with Crippen LogP contribution in [0.1, 0.15) is 42.5 Å². The molecule has 0 spiro atoms. The largest absolute Gasteiger partial charge is 0.462 e. The lowest BCUT2D eigenvalue weighted by atomic mass is 10.0. The van der Waals surface area contributed by atoms with Gasteiger partial charge in [-0.05, 0) is 49.6 Å². The number of halogens is 1. The fourth-order valence-corrected chi connectivity index (χ4v) is 3.22. The number of carbonyl (C=O) groups is 1. The summed E-state index contributed by atoms with van der Waals surface area (Å²) in [4.78, 5) is 22.6. The molecule has 8 heteroatoms. The highest BCUT2D eigenvalue weighted by atomic mass is 19.1. The minimum Gasteiger partial charge on any atom is -0.462 e. The van der Waals surface area contributed by atoms with Crippen molar-refractivity contribution in [3.63, 3.8) is 0 Å². The number of nitrogens with zero attached hydrogens (tertiary/aromatic N) is 3. The number of allylic oxidation sites excluding steroid dienone is 8. The number of amides is 1. The van der Waals surface area contributed by atoms with E-state index >= 15 is 0 Å². The number of ether oxygens (including phenoxy) is 1. The Kier molecular flexibility index (Phi) is 6.79. The van der Waals surface area contributed by atoms with Crippen LogP contribution in [0.25, 0.3) is 5.57 Å². The molecule has 3 N–H and O–H groups in total. The maximum atomic E-state index is 12.8. The van der Waals surface area contributed by atoms with E-state index in [9.17, 15) is 14.3 Å². The summed E-state index contributed by atoms with van der Waals surface area (Å²) < 4.78 is 18.6. The minimum atomic E-state index is -0.630. The van der Waals surface area contributed by atoms with Crippen molar-refractivity contribution < 1.29 is 19.0 Å². The van der Waals surface area contributed by atoms with Crippen LogP contribution in [0.3, 0.4) is 0 Å². The van der Waals surface area contributed by atoms with E-state index in [1.54, 1.807) is 25.1 Å². The monoisotopic (exact) mass is 412 g/mol. The predicted octanol–water partition coefficient (Wildman–Crippen LogP) is 3.17. The third-order valence-electron chi connectivity index (χ3n) is 4.81. The Bertz CT molecular complexity index is 965. The van der Waals surface area contributed by atoms with Gasteiger partial charge in [-0.25, -0.2) is 14.4 Å². The quantitative estimate of drug-likeness (QED) is 0.527. The third kappa shape index (κ3) is 5.42. The highest BCUT2D eigenvalue weighted by Gasteiger charge is 2.24. The lowest BCUT2D eigenvalue weighted by Gasteiger charge is -2.20. The van der Waals surface area contributed by atoms with Gasteiger partial charge in [-0.15, -0.1) is 0 Å². The molecule has 158 valence electrons. The van der Waals surface area contributed by atoms with Gasteiger partial charge in [-0.1, -0.05) is 12.7 Å². The Hall–Kier alpha value is -3.26. The maximum Gasteiger partial charge on any atom is 0.267 e. The van der Waals surface area contributed by atoms with Crippen LogP contribution >= 0.6 is 0 Å². The fourth-order valence-electron chi connectivity index (χ4n) is 3.22. The molecule has 1 unspecified atom stereocenters. The molecule has 1 fully saturated rings. The molecule has 1 aliphatic heterocycles. The van der Waals surface area contributed by atoms with Crippen molar-refractivity contribution >= 4 is 17.3 Å². The zero-order valence-corrected chi connectivity index (χ0v) is 16.8. The molecule has 1 aromatic heterocycles.